The van der Waals surface area contributed by atoms with Gasteiger partial charge in [0.05, 0.1) is 6.04 Å². The largest absolute Gasteiger partial charge is 0.321 e. The summed E-state index contributed by atoms with van der Waals surface area (Å²) in [6.07, 6.45) is 7.21. The second-order valence-electron chi connectivity index (χ2n) is 3.25. The van der Waals surface area contributed by atoms with Crippen LogP contribution >= 0.6 is 11.3 Å². The molecule has 1 aromatic heterocycles. The molecule has 80 valence electrons. The average Bonchev–Trinajstić information content (AvgIpc) is 2.61. The molecule has 0 aliphatic carbocycles. The minimum Gasteiger partial charge on any atom is -0.321 e. The van der Waals surface area contributed by atoms with Gasteiger partial charge in [-0.3, -0.25) is 0 Å². The van der Waals surface area contributed by atoms with E-state index in [4.69, 9.17) is 5.73 Å². The Morgan fingerprint density at radius 2 is 2.40 bits per heavy atom. The van der Waals surface area contributed by atoms with Crippen LogP contribution in [-0.2, 0) is 11.2 Å². The topological polar surface area (TPSA) is 43.1 Å². The molecule has 2 nitrogen and oxygen atoms in total. The van der Waals surface area contributed by atoms with E-state index in [0.29, 0.717) is 6.42 Å². The predicted octanol–water partition coefficient (Wildman–Crippen LogP) is 2.49. The first-order chi connectivity index (χ1) is 7.22. The molecular weight excluding hydrogens is 206 g/mol. The van der Waals surface area contributed by atoms with Crippen LogP contribution in [0.4, 0.5) is 0 Å². The van der Waals surface area contributed by atoms with Crippen molar-refractivity contribution in [2.45, 2.75) is 19.4 Å². The lowest BCUT2D eigenvalue weighted by Gasteiger charge is -2.03. The molecule has 0 spiro atoms. The molecule has 0 radical (unpaired) electrons. The molecule has 0 amide bonds. The van der Waals surface area contributed by atoms with Gasteiger partial charge in [-0.05, 0) is 35.9 Å². The van der Waals surface area contributed by atoms with Crippen LogP contribution in [0, 0.1) is 0 Å². The normalized spacial score (nSPS) is 12.9. The van der Waals surface area contributed by atoms with Crippen LogP contribution in [0.5, 0.6) is 0 Å². The second-order valence-corrected chi connectivity index (χ2v) is 4.16. The number of nitrogens with two attached hydrogens (primary N) is 1. The Bertz CT molecular complexity index is 379. The van der Waals surface area contributed by atoms with Gasteiger partial charge in [0, 0.05) is 4.88 Å². The molecular formula is C12H15NOS. The van der Waals surface area contributed by atoms with E-state index in [1.165, 1.54) is 4.88 Å². The Morgan fingerprint density at radius 1 is 1.67 bits per heavy atom. The van der Waals surface area contributed by atoms with Gasteiger partial charge in [-0.2, -0.15) is 0 Å². The Labute approximate surface area is 94.1 Å². The van der Waals surface area contributed by atoms with E-state index < -0.39 is 6.04 Å². The van der Waals surface area contributed by atoms with Gasteiger partial charge in [-0.1, -0.05) is 18.7 Å². The Kier molecular flexibility index (Phi) is 4.46. The summed E-state index contributed by atoms with van der Waals surface area (Å²) in [7, 11) is 0. The molecule has 0 aliphatic rings. The van der Waals surface area contributed by atoms with Crippen LogP contribution in [0.3, 0.4) is 0 Å². The maximum Gasteiger partial charge on any atom is 0.137 e. The van der Waals surface area contributed by atoms with Crippen molar-refractivity contribution < 1.29 is 4.79 Å². The molecule has 0 unspecified atom stereocenters. The summed E-state index contributed by atoms with van der Waals surface area (Å²) in [5, 5.41) is 2.04. The van der Waals surface area contributed by atoms with Crippen molar-refractivity contribution in [2.24, 2.45) is 5.73 Å². The van der Waals surface area contributed by atoms with Gasteiger partial charge in [-0.15, -0.1) is 11.3 Å². The van der Waals surface area contributed by atoms with Gasteiger partial charge < -0.3 is 10.5 Å². The first-order valence-electron chi connectivity index (χ1n) is 4.79. The standard InChI is InChI=1S/C12H15NOS/c1-3-5-12-11(4-2)9(8-15-12)6-10(13)7-14/h3-5,7-8,10H,2,6,13H2,1H3/b5-3-/t10-/m0/s1. The highest BCUT2D eigenvalue weighted by Crippen LogP contribution is 2.26. The summed E-state index contributed by atoms with van der Waals surface area (Å²) in [5.41, 5.74) is 7.79. The molecule has 1 heterocycles. The van der Waals surface area contributed by atoms with Gasteiger partial charge >= 0.3 is 0 Å². The SMILES string of the molecule is C=Cc1c(C[C@H](N)C=O)csc1/C=C\C. The monoisotopic (exact) mass is 221 g/mol. The molecule has 0 saturated carbocycles. The zero-order valence-corrected chi connectivity index (χ0v) is 9.59. The summed E-state index contributed by atoms with van der Waals surface area (Å²) >= 11 is 1.65. The maximum absolute atomic E-state index is 10.5. The summed E-state index contributed by atoms with van der Waals surface area (Å²) < 4.78 is 0. The number of rotatable bonds is 5. The molecule has 0 fully saturated rings. The number of hydrogen-bond acceptors (Lipinski definition) is 3. The van der Waals surface area contributed by atoms with E-state index >= 15 is 0 Å². The van der Waals surface area contributed by atoms with Gasteiger partial charge in [0.15, 0.2) is 0 Å². The molecule has 15 heavy (non-hydrogen) atoms. The summed E-state index contributed by atoms with van der Waals surface area (Å²) in [5.74, 6) is 0. The number of aldehydes is 1. The molecule has 1 rings (SSSR count). The lowest BCUT2D eigenvalue weighted by Crippen LogP contribution is -2.24. The van der Waals surface area contributed by atoms with Crippen LogP contribution in [0.1, 0.15) is 22.9 Å². The highest BCUT2D eigenvalue weighted by molar-refractivity contribution is 7.11. The molecule has 0 aliphatic heterocycles. The average molecular weight is 221 g/mol. The highest BCUT2D eigenvalue weighted by atomic mass is 32.1. The van der Waals surface area contributed by atoms with Crippen LogP contribution in [-0.4, -0.2) is 12.3 Å². The van der Waals surface area contributed by atoms with Crippen molar-refractivity contribution in [1.82, 2.24) is 0 Å². The second kappa shape index (κ2) is 5.63. The smallest absolute Gasteiger partial charge is 0.137 e. The lowest BCUT2D eigenvalue weighted by atomic mass is 10.0. The first-order valence-corrected chi connectivity index (χ1v) is 5.67. The fraction of sp³-hybridized carbons (Fsp3) is 0.250. The van der Waals surface area contributed by atoms with Crippen molar-refractivity contribution in [2.75, 3.05) is 0 Å². The quantitative estimate of drug-likeness (QED) is 0.776. The molecule has 0 bridgehead atoms. The van der Waals surface area contributed by atoms with E-state index in [0.717, 1.165) is 17.4 Å². The molecule has 0 saturated heterocycles. The third-order valence-corrected chi connectivity index (χ3v) is 3.10. The Balaban J connectivity index is 2.98. The zero-order valence-electron chi connectivity index (χ0n) is 8.77. The first kappa shape index (κ1) is 11.9. The molecule has 3 heteroatoms. The number of carbonyl (C=O) groups is 1. The van der Waals surface area contributed by atoms with Gasteiger partial charge in [0.1, 0.15) is 6.29 Å². The van der Waals surface area contributed by atoms with E-state index in [9.17, 15) is 4.79 Å². The van der Waals surface area contributed by atoms with Gasteiger partial charge in [-0.25, -0.2) is 0 Å². The van der Waals surface area contributed by atoms with Crippen molar-refractivity contribution in [3.63, 3.8) is 0 Å². The number of thiophene rings is 1. The van der Waals surface area contributed by atoms with E-state index in [1.54, 1.807) is 11.3 Å². The third kappa shape index (κ3) is 2.88. The van der Waals surface area contributed by atoms with Crippen molar-refractivity contribution in [3.05, 3.63) is 34.0 Å². The number of hydrogen-bond donors (Lipinski definition) is 1. The van der Waals surface area contributed by atoms with Crippen LogP contribution < -0.4 is 5.73 Å². The highest BCUT2D eigenvalue weighted by Gasteiger charge is 2.09. The minimum absolute atomic E-state index is 0.420. The predicted molar refractivity (Wildman–Crippen MR) is 66.9 cm³/mol. The van der Waals surface area contributed by atoms with Crippen molar-refractivity contribution >= 4 is 29.8 Å². The lowest BCUT2D eigenvalue weighted by molar-refractivity contribution is -0.108. The maximum atomic E-state index is 10.5. The molecule has 0 aromatic carbocycles. The fourth-order valence-corrected chi connectivity index (χ4v) is 2.44. The Morgan fingerprint density at radius 3 is 2.93 bits per heavy atom. The van der Waals surface area contributed by atoms with Crippen molar-refractivity contribution in [1.29, 1.82) is 0 Å². The van der Waals surface area contributed by atoms with Crippen LogP contribution in [0.2, 0.25) is 0 Å². The van der Waals surface area contributed by atoms with Crippen LogP contribution in [0.25, 0.3) is 12.2 Å². The molecule has 1 atom stereocenters. The molecule has 1 aromatic rings. The number of allylic oxidation sites excluding steroid dienone is 1. The van der Waals surface area contributed by atoms with Gasteiger partial charge in [0.2, 0.25) is 0 Å². The zero-order chi connectivity index (χ0) is 11.3. The molecule has 2 N–H and O–H groups in total. The van der Waals surface area contributed by atoms with E-state index in [1.807, 2.05) is 30.5 Å². The summed E-state index contributed by atoms with van der Waals surface area (Å²) in [6.45, 7) is 5.76. The van der Waals surface area contributed by atoms with E-state index in [2.05, 4.69) is 6.58 Å². The van der Waals surface area contributed by atoms with Crippen molar-refractivity contribution in [3.8, 4) is 0 Å². The van der Waals surface area contributed by atoms with E-state index in [-0.39, 0.29) is 0 Å². The fourth-order valence-electron chi connectivity index (χ4n) is 1.39. The summed E-state index contributed by atoms with van der Waals surface area (Å²) in [4.78, 5) is 11.6. The number of carbonyl (C=O) groups excluding carboxylic acids is 1. The van der Waals surface area contributed by atoms with Gasteiger partial charge in [0.25, 0.3) is 0 Å². The Hall–Kier alpha value is -1.19. The third-order valence-electron chi connectivity index (χ3n) is 2.09. The minimum atomic E-state index is -0.420. The van der Waals surface area contributed by atoms with Crippen LogP contribution in [0.15, 0.2) is 18.0 Å². The summed E-state index contributed by atoms with van der Waals surface area (Å²) in [6, 6.07) is -0.420.